The first-order valence-corrected chi connectivity index (χ1v) is 4.89. The molecule has 1 aromatic rings. The zero-order chi connectivity index (χ0) is 10.8. The number of benzene rings is 1. The fraction of sp³-hybridized carbons (Fsp3) is 0.364. The second kappa shape index (κ2) is 3.90. The van der Waals surface area contributed by atoms with Crippen LogP contribution in [0.2, 0.25) is 0 Å². The average molecular weight is 207 g/mol. The summed E-state index contributed by atoms with van der Waals surface area (Å²) in [5.41, 5.74) is 2.17. The van der Waals surface area contributed by atoms with Crippen LogP contribution in [0.3, 0.4) is 0 Å². The van der Waals surface area contributed by atoms with E-state index in [1.165, 1.54) is 4.90 Å². The van der Waals surface area contributed by atoms with Gasteiger partial charge >= 0.3 is 6.09 Å². The molecule has 1 aliphatic heterocycles. The molecule has 1 amide bonds. The summed E-state index contributed by atoms with van der Waals surface area (Å²) in [7, 11) is 0. The first-order valence-electron chi connectivity index (χ1n) is 4.89. The number of amides is 1. The molecule has 0 saturated heterocycles. The molecule has 2 rings (SSSR count). The van der Waals surface area contributed by atoms with Crippen LogP contribution in [-0.4, -0.2) is 33.9 Å². The Morgan fingerprint density at radius 1 is 1.40 bits per heavy atom. The predicted molar refractivity (Wildman–Crippen MR) is 54.6 cm³/mol. The highest BCUT2D eigenvalue weighted by Crippen LogP contribution is 2.22. The normalized spacial score (nSPS) is 19.8. The minimum Gasteiger partial charge on any atom is -0.465 e. The molecule has 0 saturated carbocycles. The molecule has 1 aliphatic rings. The van der Waals surface area contributed by atoms with Gasteiger partial charge in [-0.1, -0.05) is 24.3 Å². The fourth-order valence-corrected chi connectivity index (χ4v) is 1.97. The lowest BCUT2D eigenvalue weighted by molar-refractivity contribution is 0.0874. The van der Waals surface area contributed by atoms with E-state index in [4.69, 9.17) is 10.2 Å². The van der Waals surface area contributed by atoms with Crippen molar-refractivity contribution in [2.75, 3.05) is 6.61 Å². The molecular formula is C11H13NO3. The first kappa shape index (κ1) is 9.98. The smallest absolute Gasteiger partial charge is 0.407 e. The largest absolute Gasteiger partial charge is 0.465 e. The Bertz CT molecular complexity index is 378. The molecular weight excluding hydrogens is 194 g/mol. The van der Waals surface area contributed by atoms with E-state index in [0.717, 1.165) is 11.1 Å². The third-order valence-electron chi connectivity index (χ3n) is 2.81. The Labute approximate surface area is 87.8 Å². The lowest BCUT2D eigenvalue weighted by atomic mass is 9.95. The van der Waals surface area contributed by atoms with Crippen molar-refractivity contribution < 1.29 is 15.0 Å². The molecule has 1 atom stereocenters. The maximum Gasteiger partial charge on any atom is 0.407 e. The zero-order valence-corrected chi connectivity index (χ0v) is 8.26. The summed E-state index contributed by atoms with van der Waals surface area (Å²) in [6, 6.07) is 7.44. The maximum absolute atomic E-state index is 10.9. The fourth-order valence-electron chi connectivity index (χ4n) is 1.97. The molecule has 0 fully saturated rings. The number of hydrogen-bond donors (Lipinski definition) is 2. The molecule has 1 aromatic carbocycles. The number of carbonyl (C=O) groups is 1. The molecule has 4 nitrogen and oxygen atoms in total. The van der Waals surface area contributed by atoms with Crippen LogP contribution in [0.15, 0.2) is 24.3 Å². The Kier molecular flexibility index (Phi) is 2.60. The highest BCUT2D eigenvalue weighted by atomic mass is 16.4. The molecule has 80 valence electrons. The minimum atomic E-state index is -0.969. The molecule has 0 aromatic heterocycles. The van der Waals surface area contributed by atoms with Crippen LogP contribution in [0.4, 0.5) is 4.79 Å². The van der Waals surface area contributed by atoms with Crippen molar-refractivity contribution in [2.24, 2.45) is 0 Å². The van der Waals surface area contributed by atoms with Crippen LogP contribution in [0.1, 0.15) is 11.1 Å². The highest BCUT2D eigenvalue weighted by molar-refractivity contribution is 5.66. The third kappa shape index (κ3) is 1.80. The minimum absolute atomic E-state index is 0.124. The van der Waals surface area contributed by atoms with Crippen LogP contribution < -0.4 is 0 Å². The summed E-state index contributed by atoms with van der Waals surface area (Å²) in [6.07, 6.45) is -0.373. The molecule has 15 heavy (non-hydrogen) atoms. The summed E-state index contributed by atoms with van der Waals surface area (Å²) in [4.78, 5) is 12.2. The van der Waals surface area contributed by atoms with Crippen LogP contribution in [-0.2, 0) is 13.0 Å². The van der Waals surface area contributed by atoms with Crippen LogP contribution in [0, 0.1) is 0 Å². The van der Waals surface area contributed by atoms with Crippen molar-refractivity contribution in [3.05, 3.63) is 35.4 Å². The van der Waals surface area contributed by atoms with E-state index >= 15 is 0 Å². The van der Waals surface area contributed by atoms with E-state index in [2.05, 4.69) is 0 Å². The van der Waals surface area contributed by atoms with E-state index in [1.54, 1.807) is 0 Å². The van der Waals surface area contributed by atoms with Gasteiger partial charge in [-0.2, -0.15) is 0 Å². The summed E-state index contributed by atoms with van der Waals surface area (Å²) >= 11 is 0. The Hall–Kier alpha value is -1.55. The topological polar surface area (TPSA) is 60.8 Å². The van der Waals surface area contributed by atoms with Crippen molar-refractivity contribution >= 4 is 6.09 Å². The standard InChI is InChI=1S/C11H13NO3/c13-7-10-5-8-3-1-2-4-9(8)6-12(10)11(14)15/h1-4,10,13H,5-7H2,(H,14,15)/t10-/m1/s1. The summed E-state index contributed by atoms with van der Waals surface area (Å²) in [5, 5.41) is 18.1. The Balaban J connectivity index is 2.30. The first-order chi connectivity index (χ1) is 7.22. The zero-order valence-electron chi connectivity index (χ0n) is 8.26. The summed E-state index contributed by atoms with van der Waals surface area (Å²) in [5.74, 6) is 0. The summed E-state index contributed by atoms with van der Waals surface area (Å²) in [6.45, 7) is 0.247. The number of rotatable bonds is 1. The molecule has 0 aliphatic carbocycles. The quantitative estimate of drug-likeness (QED) is 0.724. The Morgan fingerprint density at radius 3 is 2.67 bits per heavy atom. The van der Waals surface area contributed by atoms with E-state index in [1.807, 2.05) is 24.3 Å². The molecule has 0 radical (unpaired) electrons. The predicted octanol–water partition coefficient (Wildman–Crippen LogP) is 1.08. The van der Waals surface area contributed by atoms with Crippen molar-refractivity contribution in [1.29, 1.82) is 0 Å². The number of hydrogen-bond acceptors (Lipinski definition) is 2. The van der Waals surface area contributed by atoms with Crippen molar-refractivity contribution in [1.82, 2.24) is 4.90 Å². The molecule has 2 N–H and O–H groups in total. The number of nitrogens with zero attached hydrogens (tertiary/aromatic N) is 1. The van der Waals surface area contributed by atoms with Gasteiger partial charge in [0.15, 0.2) is 0 Å². The molecule has 0 spiro atoms. The van der Waals surface area contributed by atoms with Crippen LogP contribution >= 0.6 is 0 Å². The van der Waals surface area contributed by atoms with Crippen molar-refractivity contribution in [2.45, 2.75) is 19.0 Å². The highest BCUT2D eigenvalue weighted by Gasteiger charge is 2.28. The van der Waals surface area contributed by atoms with E-state index < -0.39 is 6.09 Å². The van der Waals surface area contributed by atoms with Gasteiger partial charge in [0.05, 0.1) is 12.6 Å². The number of carboxylic acid groups (broad SMARTS) is 1. The van der Waals surface area contributed by atoms with E-state index in [9.17, 15) is 4.79 Å². The second-order valence-corrected chi connectivity index (χ2v) is 3.72. The van der Waals surface area contributed by atoms with Crippen LogP contribution in [0.5, 0.6) is 0 Å². The lowest BCUT2D eigenvalue weighted by Crippen LogP contribution is -2.45. The third-order valence-corrected chi connectivity index (χ3v) is 2.81. The van der Waals surface area contributed by atoms with Crippen molar-refractivity contribution in [3.8, 4) is 0 Å². The number of aliphatic hydroxyl groups excluding tert-OH is 1. The number of aliphatic hydroxyl groups is 1. The van der Waals surface area contributed by atoms with E-state index in [-0.39, 0.29) is 12.6 Å². The lowest BCUT2D eigenvalue weighted by Gasteiger charge is -2.33. The van der Waals surface area contributed by atoms with Gasteiger partial charge in [0.25, 0.3) is 0 Å². The van der Waals surface area contributed by atoms with Gasteiger partial charge in [-0.3, -0.25) is 4.90 Å². The van der Waals surface area contributed by atoms with Crippen molar-refractivity contribution in [3.63, 3.8) is 0 Å². The van der Waals surface area contributed by atoms with Gasteiger partial charge in [-0.05, 0) is 17.5 Å². The van der Waals surface area contributed by atoms with Gasteiger partial charge in [0, 0.05) is 6.54 Å². The van der Waals surface area contributed by atoms with Crippen LogP contribution in [0.25, 0.3) is 0 Å². The van der Waals surface area contributed by atoms with Gasteiger partial charge in [0.2, 0.25) is 0 Å². The van der Waals surface area contributed by atoms with Gasteiger partial charge in [-0.25, -0.2) is 4.79 Å². The van der Waals surface area contributed by atoms with Gasteiger partial charge in [0.1, 0.15) is 0 Å². The average Bonchev–Trinajstić information content (AvgIpc) is 2.27. The SMILES string of the molecule is O=C(O)N1Cc2ccccc2C[C@@H]1CO. The molecule has 0 bridgehead atoms. The maximum atomic E-state index is 10.9. The number of fused-ring (bicyclic) bond motifs is 1. The molecule has 1 heterocycles. The summed E-state index contributed by atoms with van der Waals surface area (Å²) < 4.78 is 0. The second-order valence-electron chi connectivity index (χ2n) is 3.72. The van der Waals surface area contributed by atoms with E-state index in [0.29, 0.717) is 13.0 Å². The molecule has 4 heteroatoms. The molecule has 0 unspecified atom stereocenters. The van der Waals surface area contributed by atoms with Gasteiger partial charge in [-0.15, -0.1) is 0 Å². The van der Waals surface area contributed by atoms with Gasteiger partial charge < -0.3 is 10.2 Å². The Morgan fingerprint density at radius 2 is 2.07 bits per heavy atom. The monoisotopic (exact) mass is 207 g/mol.